The highest BCUT2D eigenvalue weighted by atomic mass is 19.3. The molecule has 2 rings (SSSR count). The van der Waals surface area contributed by atoms with Gasteiger partial charge in [0, 0.05) is 25.1 Å². The first-order valence-electron chi connectivity index (χ1n) is 6.42. The van der Waals surface area contributed by atoms with Gasteiger partial charge in [-0.1, -0.05) is 0 Å². The van der Waals surface area contributed by atoms with Crippen LogP contribution in [0.25, 0.3) is 0 Å². The Morgan fingerprint density at radius 1 is 1.26 bits per heavy atom. The molecule has 1 unspecified atom stereocenters. The molecule has 5 heteroatoms. The normalized spacial score (nSPS) is 22.6. The third kappa shape index (κ3) is 2.86. The Morgan fingerprint density at radius 3 is 2.58 bits per heavy atom. The molecule has 1 aliphatic rings. The van der Waals surface area contributed by atoms with Crippen molar-refractivity contribution < 1.29 is 13.2 Å². The topological polar surface area (TPSA) is 15.3 Å². The summed E-state index contributed by atoms with van der Waals surface area (Å²) in [6, 6.07) is 3.20. The lowest BCUT2D eigenvalue weighted by molar-refractivity contribution is -0.0365. The molecular formula is C14H19F3N2. The van der Waals surface area contributed by atoms with Crippen molar-refractivity contribution in [2.24, 2.45) is 0 Å². The van der Waals surface area contributed by atoms with Gasteiger partial charge in [0.1, 0.15) is 5.82 Å². The fourth-order valence-electron chi connectivity index (χ4n) is 2.56. The van der Waals surface area contributed by atoms with E-state index in [9.17, 15) is 13.2 Å². The molecule has 19 heavy (non-hydrogen) atoms. The van der Waals surface area contributed by atoms with Crippen molar-refractivity contribution in [1.29, 1.82) is 0 Å². The van der Waals surface area contributed by atoms with Crippen molar-refractivity contribution in [3.05, 3.63) is 29.1 Å². The number of nitrogens with one attached hydrogen (secondary N) is 1. The average Bonchev–Trinajstić information content (AvgIpc) is 2.33. The first-order chi connectivity index (χ1) is 8.84. The first-order valence-corrected chi connectivity index (χ1v) is 6.42. The monoisotopic (exact) mass is 272 g/mol. The molecule has 0 saturated carbocycles. The van der Waals surface area contributed by atoms with Crippen molar-refractivity contribution in [3.63, 3.8) is 0 Å². The molecule has 1 aromatic rings. The number of benzene rings is 1. The maximum absolute atomic E-state index is 13.5. The molecule has 2 nitrogen and oxygen atoms in total. The Bertz CT molecular complexity index is 474. The fraction of sp³-hybridized carbons (Fsp3) is 0.571. The molecule has 0 aromatic heterocycles. The molecule has 1 heterocycles. The number of halogens is 3. The maximum atomic E-state index is 13.5. The van der Waals surface area contributed by atoms with Crippen molar-refractivity contribution in [2.45, 2.75) is 38.8 Å². The lowest BCUT2D eigenvalue weighted by atomic mass is 10.0. The van der Waals surface area contributed by atoms with E-state index in [-0.39, 0.29) is 25.2 Å². The van der Waals surface area contributed by atoms with Crippen LogP contribution in [0.4, 0.5) is 18.9 Å². The number of rotatable bonds is 2. The number of anilines is 1. The number of alkyl halides is 2. The molecule has 1 atom stereocenters. The quantitative estimate of drug-likeness (QED) is 0.889. The molecule has 106 valence electrons. The summed E-state index contributed by atoms with van der Waals surface area (Å²) in [4.78, 5) is 1.90. The van der Waals surface area contributed by atoms with Gasteiger partial charge in [-0.15, -0.1) is 0 Å². The standard InChI is InChI=1S/C14H19F3N2/c1-9-7-12(10(2)6-11(9)15)19-5-4-14(16,17)8-13(19)18-3/h6-7,13,18H,4-5,8H2,1-3H3. The molecule has 0 radical (unpaired) electrons. The highest BCUT2D eigenvalue weighted by molar-refractivity contribution is 5.56. The summed E-state index contributed by atoms with van der Waals surface area (Å²) in [7, 11) is 1.67. The maximum Gasteiger partial charge on any atom is 0.253 e. The second kappa shape index (κ2) is 5.04. The van der Waals surface area contributed by atoms with Crippen LogP contribution in [0.5, 0.6) is 0 Å². The Balaban J connectivity index is 2.33. The third-order valence-corrected chi connectivity index (χ3v) is 3.71. The predicted octanol–water partition coefficient (Wildman–Crippen LogP) is 3.22. The van der Waals surface area contributed by atoms with Crippen LogP contribution in [0.1, 0.15) is 24.0 Å². The van der Waals surface area contributed by atoms with Gasteiger partial charge in [0.2, 0.25) is 0 Å². The molecule has 0 spiro atoms. The Kier molecular flexibility index (Phi) is 3.76. The number of hydrogen-bond donors (Lipinski definition) is 1. The van der Waals surface area contributed by atoms with E-state index in [2.05, 4.69) is 5.32 Å². The van der Waals surface area contributed by atoms with Crippen LogP contribution in [0, 0.1) is 19.7 Å². The summed E-state index contributed by atoms with van der Waals surface area (Å²) >= 11 is 0. The van der Waals surface area contributed by atoms with Crippen molar-refractivity contribution >= 4 is 5.69 Å². The summed E-state index contributed by atoms with van der Waals surface area (Å²) in [6.45, 7) is 3.76. The molecule has 1 aromatic carbocycles. The summed E-state index contributed by atoms with van der Waals surface area (Å²) in [5, 5.41) is 2.92. The fourth-order valence-corrected chi connectivity index (χ4v) is 2.56. The third-order valence-electron chi connectivity index (χ3n) is 3.71. The van der Waals surface area contributed by atoms with Crippen LogP contribution in [0.15, 0.2) is 12.1 Å². The molecule has 0 aliphatic carbocycles. The zero-order chi connectivity index (χ0) is 14.2. The van der Waals surface area contributed by atoms with E-state index in [0.717, 1.165) is 11.3 Å². The van der Waals surface area contributed by atoms with Gasteiger partial charge in [-0.3, -0.25) is 0 Å². The van der Waals surface area contributed by atoms with Gasteiger partial charge >= 0.3 is 0 Å². The minimum atomic E-state index is -2.63. The van der Waals surface area contributed by atoms with Crippen LogP contribution in [-0.2, 0) is 0 Å². The van der Waals surface area contributed by atoms with Crippen LogP contribution in [0.2, 0.25) is 0 Å². The van der Waals surface area contributed by atoms with Crippen LogP contribution in [-0.4, -0.2) is 25.7 Å². The lowest BCUT2D eigenvalue weighted by Crippen LogP contribution is -2.53. The molecular weight excluding hydrogens is 253 g/mol. The SMILES string of the molecule is CNC1CC(F)(F)CCN1c1cc(C)c(F)cc1C. The van der Waals surface area contributed by atoms with Gasteiger partial charge in [0.05, 0.1) is 6.17 Å². The Morgan fingerprint density at radius 2 is 1.95 bits per heavy atom. The number of nitrogens with zero attached hydrogens (tertiary/aromatic N) is 1. The van der Waals surface area contributed by atoms with E-state index in [4.69, 9.17) is 0 Å². The van der Waals surface area contributed by atoms with Gasteiger partial charge < -0.3 is 10.2 Å². The summed E-state index contributed by atoms with van der Waals surface area (Å²) in [5.41, 5.74) is 2.13. The van der Waals surface area contributed by atoms with E-state index in [1.807, 2.05) is 4.90 Å². The highest BCUT2D eigenvalue weighted by Crippen LogP contribution is 2.35. The zero-order valence-electron chi connectivity index (χ0n) is 11.4. The Hall–Kier alpha value is -1.23. The van der Waals surface area contributed by atoms with E-state index < -0.39 is 12.1 Å². The van der Waals surface area contributed by atoms with Crippen LogP contribution < -0.4 is 10.2 Å². The minimum absolute atomic E-state index is 0.166. The average molecular weight is 272 g/mol. The van der Waals surface area contributed by atoms with Gasteiger partial charge in [0.25, 0.3) is 5.92 Å². The predicted molar refractivity (Wildman–Crippen MR) is 70.2 cm³/mol. The van der Waals surface area contributed by atoms with E-state index in [0.29, 0.717) is 5.56 Å². The molecule has 1 aliphatic heterocycles. The summed E-state index contributed by atoms with van der Waals surface area (Å²) in [6.07, 6.45) is -0.812. The highest BCUT2D eigenvalue weighted by Gasteiger charge is 2.40. The lowest BCUT2D eigenvalue weighted by Gasteiger charge is -2.41. The number of piperidine rings is 1. The number of hydrogen-bond acceptors (Lipinski definition) is 2. The second-order valence-electron chi connectivity index (χ2n) is 5.20. The van der Waals surface area contributed by atoms with Gasteiger partial charge in [0.15, 0.2) is 0 Å². The van der Waals surface area contributed by atoms with Gasteiger partial charge in [-0.25, -0.2) is 13.2 Å². The smallest absolute Gasteiger partial charge is 0.253 e. The summed E-state index contributed by atoms with van der Waals surface area (Å²) < 4.78 is 40.4. The van der Waals surface area contributed by atoms with Gasteiger partial charge in [-0.2, -0.15) is 0 Å². The minimum Gasteiger partial charge on any atom is -0.355 e. The Labute approximate surface area is 111 Å². The van der Waals surface area contributed by atoms with Crippen molar-refractivity contribution in [3.8, 4) is 0 Å². The largest absolute Gasteiger partial charge is 0.355 e. The van der Waals surface area contributed by atoms with E-state index in [1.54, 1.807) is 27.0 Å². The van der Waals surface area contributed by atoms with Gasteiger partial charge in [-0.05, 0) is 44.2 Å². The molecule has 0 bridgehead atoms. The van der Waals surface area contributed by atoms with E-state index in [1.165, 1.54) is 6.07 Å². The van der Waals surface area contributed by atoms with Crippen LogP contribution in [0.3, 0.4) is 0 Å². The number of aryl methyl sites for hydroxylation is 2. The zero-order valence-corrected chi connectivity index (χ0v) is 11.4. The molecule has 0 amide bonds. The van der Waals surface area contributed by atoms with Crippen molar-refractivity contribution in [2.75, 3.05) is 18.5 Å². The molecule has 1 saturated heterocycles. The molecule has 1 N–H and O–H groups in total. The van der Waals surface area contributed by atoms with E-state index >= 15 is 0 Å². The molecule has 1 fully saturated rings. The first kappa shape index (κ1) is 14.2. The van der Waals surface area contributed by atoms with Crippen molar-refractivity contribution in [1.82, 2.24) is 5.32 Å². The van der Waals surface area contributed by atoms with Crippen LogP contribution >= 0.6 is 0 Å². The second-order valence-corrected chi connectivity index (χ2v) is 5.20. The summed E-state index contributed by atoms with van der Waals surface area (Å²) in [5.74, 6) is -2.89.